The molecule has 3 nitrogen and oxygen atoms in total. The molecule has 0 heterocycles. The summed E-state index contributed by atoms with van der Waals surface area (Å²) < 4.78 is 5.21. The maximum absolute atomic E-state index is 6.05. The number of rotatable bonds is 5. The lowest BCUT2D eigenvalue weighted by Gasteiger charge is -2.26. The number of methoxy groups -OCH3 is 1. The molecule has 0 amide bonds. The van der Waals surface area contributed by atoms with E-state index in [1.165, 1.54) is 5.56 Å². The number of thiocarbonyl (C=S) groups is 1. The second-order valence-electron chi connectivity index (χ2n) is 5.80. The first-order valence-electron chi connectivity index (χ1n) is 7.72. The van der Waals surface area contributed by atoms with Gasteiger partial charge >= 0.3 is 0 Å². The van der Waals surface area contributed by atoms with Crippen molar-refractivity contribution < 1.29 is 4.74 Å². The van der Waals surface area contributed by atoms with E-state index in [4.69, 9.17) is 40.2 Å². The van der Waals surface area contributed by atoms with Gasteiger partial charge in [-0.15, -0.1) is 0 Å². The molecule has 6 heteroatoms. The van der Waals surface area contributed by atoms with Crippen LogP contribution in [0.4, 0.5) is 5.69 Å². The third kappa shape index (κ3) is 4.53. The Kier molecular flexibility index (Phi) is 5.49. The molecule has 0 bridgehead atoms. The number of ether oxygens (including phenoxy) is 1. The summed E-state index contributed by atoms with van der Waals surface area (Å²) in [4.78, 5) is 2.21. The van der Waals surface area contributed by atoms with Crippen LogP contribution in [0.15, 0.2) is 42.5 Å². The lowest BCUT2D eigenvalue weighted by molar-refractivity contribution is 0.405. The maximum atomic E-state index is 6.05. The number of hydrogen-bond acceptors (Lipinski definition) is 2. The van der Waals surface area contributed by atoms with Gasteiger partial charge in [0, 0.05) is 28.3 Å². The lowest BCUT2D eigenvalue weighted by atomic mass is 10.2. The van der Waals surface area contributed by atoms with Crippen LogP contribution in [0.1, 0.15) is 18.4 Å². The van der Waals surface area contributed by atoms with Crippen LogP contribution in [0.3, 0.4) is 0 Å². The first-order valence-corrected chi connectivity index (χ1v) is 8.88. The van der Waals surface area contributed by atoms with E-state index >= 15 is 0 Å². The number of nitrogens with zero attached hydrogens (tertiary/aromatic N) is 1. The van der Waals surface area contributed by atoms with E-state index in [-0.39, 0.29) is 0 Å². The van der Waals surface area contributed by atoms with Gasteiger partial charge in [0.1, 0.15) is 5.75 Å². The van der Waals surface area contributed by atoms with E-state index in [1.807, 2.05) is 24.3 Å². The van der Waals surface area contributed by atoms with Gasteiger partial charge in [-0.2, -0.15) is 0 Å². The first kappa shape index (κ1) is 17.3. The summed E-state index contributed by atoms with van der Waals surface area (Å²) >= 11 is 17.7. The van der Waals surface area contributed by atoms with Crippen molar-refractivity contribution >= 4 is 46.2 Å². The summed E-state index contributed by atoms with van der Waals surface area (Å²) in [5, 5.41) is 5.11. The molecule has 1 N–H and O–H groups in total. The highest BCUT2D eigenvalue weighted by Crippen LogP contribution is 2.30. The minimum absolute atomic E-state index is 0.488. The molecule has 1 fully saturated rings. The number of anilines is 1. The molecular weight excluding hydrogens is 363 g/mol. The number of halogens is 2. The van der Waals surface area contributed by atoms with Crippen LogP contribution in [0, 0.1) is 0 Å². The minimum Gasteiger partial charge on any atom is -0.497 e. The molecule has 0 aromatic heterocycles. The molecule has 0 atom stereocenters. The zero-order chi connectivity index (χ0) is 17.1. The van der Waals surface area contributed by atoms with Gasteiger partial charge in [-0.25, -0.2) is 0 Å². The summed E-state index contributed by atoms with van der Waals surface area (Å²) in [5.41, 5.74) is 1.99. The fraction of sp³-hybridized carbons (Fsp3) is 0.278. The van der Waals surface area contributed by atoms with Gasteiger partial charge in [0.15, 0.2) is 5.11 Å². The summed E-state index contributed by atoms with van der Waals surface area (Å²) in [6.07, 6.45) is 2.32. The Balaban J connectivity index is 1.71. The van der Waals surface area contributed by atoms with Crippen molar-refractivity contribution in [3.63, 3.8) is 0 Å². The third-order valence-corrected chi connectivity index (χ3v) is 4.65. The fourth-order valence-corrected chi connectivity index (χ4v) is 3.36. The molecule has 0 unspecified atom stereocenters. The predicted octanol–water partition coefficient (Wildman–Crippen LogP) is 5.36. The normalized spacial score (nSPS) is 13.5. The predicted molar refractivity (Wildman–Crippen MR) is 104 cm³/mol. The number of benzene rings is 2. The van der Waals surface area contributed by atoms with Gasteiger partial charge in [-0.3, -0.25) is 0 Å². The van der Waals surface area contributed by atoms with Gasteiger partial charge in [-0.05, 0) is 61.0 Å². The van der Waals surface area contributed by atoms with Crippen LogP contribution < -0.4 is 10.1 Å². The summed E-state index contributed by atoms with van der Waals surface area (Å²) in [7, 11) is 1.67. The highest BCUT2D eigenvalue weighted by Gasteiger charge is 2.30. The molecule has 126 valence electrons. The van der Waals surface area contributed by atoms with Crippen LogP contribution in [-0.2, 0) is 6.54 Å². The Hall–Kier alpha value is -1.49. The van der Waals surface area contributed by atoms with Crippen LogP contribution >= 0.6 is 35.4 Å². The Morgan fingerprint density at radius 1 is 1.17 bits per heavy atom. The van der Waals surface area contributed by atoms with Gasteiger partial charge in [-0.1, -0.05) is 35.3 Å². The molecule has 2 aromatic carbocycles. The second-order valence-corrected chi connectivity index (χ2v) is 7.05. The topological polar surface area (TPSA) is 24.5 Å². The molecule has 24 heavy (non-hydrogen) atoms. The van der Waals surface area contributed by atoms with E-state index in [1.54, 1.807) is 13.2 Å². The van der Waals surface area contributed by atoms with Gasteiger partial charge in [0.25, 0.3) is 0 Å². The average molecular weight is 381 g/mol. The molecule has 3 rings (SSSR count). The molecule has 0 spiro atoms. The van der Waals surface area contributed by atoms with Crippen molar-refractivity contribution in [2.45, 2.75) is 25.4 Å². The minimum atomic E-state index is 0.488. The molecule has 0 saturated heterocycles. The van der Waals surface area contributed by atoms with Crippen molar-refractivity contribution in [1.82, 2.24) is 4.90 Å². The highest BCUT2D eigenvalue weighted by molar-refractivity contribution is 7.80. The van der Waals surface area contributed by atoms with Crippen molar-refractivity contribution in [1.29, 1.82) is 0 Å². The van der Waals surface area contributed by atoms with Gasteiger partial charge in [0.05, 0.1) is 7.11 Å². The molecule has 1 aliphatic rings. The largest absolute Gasteiger partial charge is 0.497 e. The van der Waals surface area contributed by atoms with E-state index in [0.29, 0.717) is 21.2 Å². The van der Waals surface area contributed by atoms with Crippen molar-refractivity contribution in [2.24, 2.45) is 0 Å². The van der Waals surface area contributed by atoms with Gasteiger partial charge in [0.2, 0.25) is 0 Å². The summed E-state index contributed by atoms with van der Waals surface area (Å²) in [6.45, 7) is 0.759. The molecule has 2 aromatic rings. The van der Waals surface area contributed by atoms with E-state index in [2.05, 4.69) is 22.3 Å². The molecule has 1 saturated carbocycles. The first-order chi connectivity index (χ1) is 11.5. The SMILES string of the molecule is COc1ccc(CN(C(=S)Nc2cc(Cl)cc(Cl)c2)C2CC2)cc1. The Morgan fingerprint density at radius 3 is 2.33 bits per heavy atom. The third-order valence-electron chi connectivity index (χ3n) is 3.87. The number of nitrogens with one attached hydrogen (secondary N) is 1. The smallest absolute Gasteiger partial charge is 0.173 e. The maximum Gasteiger partial charge on any atom is 0.173 e. The van der Waals surface area contributed by atoms with E-state index < -0.39 is 0 Å². The zero-order valence-electron chi connectivity index (χ0n) is 13.3. The zero-order valence-corrected chi connectivity index (χ0v) is 15.6. The molecule has 1 aliphatic carbocycles. The standard InChI is InChI=1S/C18H18Cl2N2OS/c1-23-17-6-2-12(3-7-17)11-22(16-4-5-16)18(24)21-15-9-13(19)8-14(20)10-15/h2-3,6-10,16H,4-5,11H2,1H3,(H,21,24). The lowest BCUT2D eigenvalue weighted by Crippen LogP contribution is -2.36. The van der Waals surface area contributed by atoms with Crippen molar-refractivity contribution in [3.8, 4) is 5.75 Å². The van der Waals surface area contributed by atoms with Crippen LogP contribution in [0.25, 0.3) is 0 Å². The average Bonchev–Trinajstić information content (AvgIpc) is 3.36. The second kappa shape index (κ2) is 7.60. The van der Waals surface area contributed by atoms with Gasteiger partial charge < -0.3 is 15.0 Å². The van der Waals surface area contributed by atoms with Crippen molar-refractivity contribution in [2.75, 3.05) is 12.4 Å². The quantitative estimate of drug-likeness (QED) is 0.705. The monoisotopic (exact) mass is 380 g/mol. The van der Waals surface area contributed by atoms with E-state index in [0.717, 1.165) is 30.8 Å². The summed E-state index contributed by atoms with van der Waals surface area (Å²) in [5.74, 6) is 0.853. The van der Waals surface area contributed by atoms with Crippen LogP contribution in [-0.4, -0.2) is 23.2 Å². The molecule has 0 radical (unpaired) electrons. The highest BCUT2D eigenvalue weighted by atomic mass is 35.5. The summed E-state index contributed by atoms with van der Waals surface area (Å²) in [6, 6.07) is 13.9. The van der Waals surface area contributed by atoms with Crippen LogP contribution in [0.5, 0.6) is 5.75 Å². The molecule has 0 aliphatic heterocycles. The fourth-order valence-electron chi connectivity index (χ4n) is 2.50. The number of hydrogen-bond donors (Lipinski definition) is 1. The Bertz CT molecular complexity index is 712. The molecular formula is C18H18Cl2N2OS. The Morgan fingerprint density at radius 2 is 1.79 bits per heavy atom. The van der Waals surface area contributed by atoms with Crippen molar-refractivity contribution in [3.05, 3.63) is 58.1 Å². The van der Waals surface area contributed by atoms with Crippen LogP contribution in [0.2, 0.25) is 10.0 Å². The van der Waals surface area contributed by atoms with E-state index in [9.17, 15) is 0 Å². The Labute approximate surface area is 157 Å².